The zero-order chi connectivity index (χ0) is 22.1. The molecule has 0 bridgehead atoms. The Balaban J connectivity index is 1.54. The fourth-order valence-electron chi connectivity index (χ4n) is 3.02. The van der Waals surface area contributed by atoms with Gasteiger partial charge in [-0.2, -0.15) is 4.31 Å². The van der Waals surface area contributed by atoms with Crippen molar-refractivity contribution in [1.29, 1.82) is 0 Å². The van der Waals surface area contributed by atoms with Gasteiger partial charge in [-0.1, -0.05) is 13.3 Å². The van der Waals surface area contributed by atoms with Gasteiger partial charge in [0.15, 0.2) is 5.78 Å². The molecule has 1 aliphatic heterocycles. The number of nitrogens with one attached hydrogen (secondary N) is 1. The van der Waals surface area contributed by atoms with Gasteiger partial charge in [0.05, 0.1) is 24.7 Å². The maximum Gasteiger partial charge on any atom is 0.243 e. The number of hydrogen-bond donors (Lipinski definition) is 1. The second kappa shape index (κ2) is 11.1. The molecule has 8 heteroatoms. The van der Waals surface area contributed by atoms with Crippen molar-refractivity contribution in [3.05, 3.63) is 66.4 Å². The highest BCUT2D eigenvalue weighted by Gasteiger charge is 2.25. The minimum Gasteiger partial charge on any atom is -0.494 e. The van der Waals surface area contributed by atoms with Gasteiger partial charge in [-0.25, -0.2) is 8.42 Å². The number of allylic oxidation sites excluding steroid dienone is 1. The molecule has 31 heavy (non-hydrogen) atoms. The molecule has 7 nitrogen and oxygen atoms in total. The zero-order valence-corrected chi connectivity index (χ0v) is 18.4. The summed E-state index contributed by atoms with van der Waals surface area (Å²) in [7, 11) is -3.52. The molecule has 1 fully saturated rings. The number of hydrogen-bond acceptors (Lipinski definition) is 6. The Kier molecular flexibility index (Phi) is 8.22. The molecule has 1 aliphatic rings. The molecule has 0 saturated carbocycles. The van der Waals surface area contributed by atoms with Crippen LogP contribution in [0, 0.1) is 0 Å². The molecule has 0 atom stereocenters. The van der Waals surface area contributed by atoms with E-state index in [0.29, 0.717) is 44.2 Å². The Morgan fingerprint density at radius 3 is 2.42 bits per heavy atom. The summed E-state index contributed by atoms with van der Waals surface area (Å²) in [6, 6.07) is 13.5. The normalized spacial score (nSPS) is 15.1. The molecule has 1 saturated heterocycles. The third-order valence-corrected chi connectivity index (χ3v) is 6.77. The lowest BCUT2D eigenvalue weighted by atomic mass is 10.1. The van der Waals surface area contributed by atoms with Crippen molar-refractivity contribution in [3.63, 3.8) is 0 Å². The lowest BCUT2D eigenvalue weighted by molar-refractivity contribution is 0.0730. The molecule has 3 rings (SSSR count). The zero-order valence-electron chi connectivity index (χ0n) is 17.6. The number of rotatable bonds is 10. The van der Waals surface area contributed by atoms with Gasteiger partial charge < -0.3 is 14.8 Å². The first-order valence-corrected chi connectivity index (χ1v) is 11.8. The van der Waals surface area contributed by atoms with E-state index >= 15 is 0 Å². The van der Waals surface area contributed by atoms with E-state index in [1.54, 1.807) is 54.7 Å². The minimum absolute atomic E-state index is 0.140. The Bertz CT molecular complexity index is 980. The lowest BCUT2D eigenvalue weighted by Gasteiger charge is -2.26. The van der Waals surface area contributed by atoms with E-state index in [0.717, 1.165) is 18.6 Å². The second-order valence-electron chi connectivity index (χ2n) is 7.11. The van der Waals surface area contributed by atoms with Crippen molar-refractivity contribution in [2.45, 2.75) is 24.7 Å². The van der Waals surface area contributed by atoms with Crippen LogP contribution in [0.15, 0.2) is 65.7 Å². The summed E-state index contributed by atoms with van der Waals surface area (Å²) < 4.78 is 37.5. The van der Waals surface area contributed by atoms with Crippen molar-refractivity contribution in [2.75, 3.05) is 38.2 Å². The molecule has 0 aliphatic carbocycles. The summed E-state index contributed by atoms with van der Waals surface area (Å²) in [6.07, 6.45) is 5.04. The molecular weight excluding hydrogens is 416 g/mol. The molecular formula is C23H28N2O5S. The minimum atomic E-state index is -3.52. The van der Waals surface area contributed by atoms with E-state index in [4.69, 9.17) is 9.47 Å². The number of nitrogens with zero attached hydrogens (tertiary/aromatic N) is 1. The standard InChI is InChI=1S/C23H28N2O5S/c1-2-3-16-30-21-8-4-19(5-9-21)23(26)12-13-24-20-6-10-22(11-7-20)31(27,28)25-14-17-29-18-15-25/h4-13,24H,2-3,14-18H2,1H3. The van der Waals surface area contributed by atoms with Crippen molar-refractivity contribution >= 4 is 21.5 Å². The number of sulfonamides is 1. The molecule has 1 heterocycles. The van der Waals surface area contributed by atoms with Crippen LogP contribution in [0.4, 0.5) is 5.69 Å². The SMILES string of the molecule is CCCCOc1ccc(C(=O)C=CNc2ccc(S(=O)(=O)N3CCOCC3)cc2)cc1. The maximum atomic E-state index is 12.6. The summed E-state index contributed by atoms with van der Waals surface area (Å²) in [5.74, 6) is 0.610. The summed E-state index contributed by atoms with van der Waals surface area (Å²) in [5, 5.41) is 2.99. The van der Waals surface area contributed by atoms with Crippen LogP contribution in [0.3, 0.4) is 0 Å². The van der Waals surface area contributed by atoms with Gasteiger partial charge in [-0.05, 0) is 55.0 Å². The van der Waals surface area contributed by atoms with Crippen LogP contribution in [0.1, 0.15) is 30.1 Å². The summed E-state index contributed by atoms with van der Waals surface area (Å²) in [4.78, 5) is 12.5. The molecule has 166 valence electrons. The number of carbonyl (C=O) groups excluding carboxylic acids is 1. The van der Waals surface area contributed by atoms with Crippen LogP contribution in [0.2, 0.25) is 0 Å². The van der Waals surface area contributed by atoms with Gasteiger partial charge in [0.2, 0.25) is 10.0 Å². The highest BCUT2D eigenvalue weighted by Crippen LogP contribution is 2.19. The molecule has 1 N–H and O–H groups in total. The quantitative estimate of drug-likeness (QED) is 0.342. The van der Waals surface area contributed by atoms with Crippen LogP contribution in [-0.2, 0) is 14.8 Å². The average Bonchev–Trinajstić information content (AvgIpc) is 2.80. The number of anilines is 1. The number of ether oxygens (including phenoxy) is 2. The second-order valence-corrected chi connectivity index (χ2v) is 9.05. The summed E-state index contributed by atoms with van der Waals surface area (Å²) in [6.45, 7) is 4.31. The van der Waals surface area contributed by atoms with Crippen LogP contribution < -0.4 is 10.1 Å². The Morgan fingerprint density at radius 1 is 1.10 bits per heavy atom. The molecule has 0 radical (unpaired) electrons. The Hall–Kier alpha value is -2.68. The van der Waals surface area contributed by atoms with Crippen molar-refractivity contribution < 1.29 is 22.7 Å². The van der Waals surface area contributed by atoms with E-state index in [9.17, 15) is 13.2 Å². The number of ketones is 1. The first-order valence-electron chi connectivity index (χ1n) is 10.4. The van der Waals surface area contributed by atoms with Gasteiger partial charge in [0, 0.05) is 36.6 Å². The van der Waals surface area contributed by atoms with E-state index in [2.05, 4.69) is 12.2 Å². The molecule has 2 aromatic carbocycles. The van der Waals surface area contributed by atoms with Crippen LogP contribution in [0.5, 0.6) is 5.75 Å². The average molecular weight is 445 g/mol. The van der Waals surface area contributed by atoms with E-state index in [-0.39, 0.29) is 10.7 Å². The highest BCUT2D eigenvalue weighted by molar-refractivity contribution is 7.89. The van der Waals surface area contributed by atoms with Crippen molar-refractivity contribution in [2.24, 2.45) is 0 Å². The van der Waals surface area contributed by atoms with E-state index in [1.165, 1.54) is 10.4 Å². The molecule has 0 amide bonds. The molecule has 2 aromatic rings. The Morgan fingerprint density at radius 2 is 1.77 bits per heavy atom. The smallest absolute Gasteiger partial charge is 0.243 e. The van der Waals surface area contributed by atoms with Crippen molar-refractivity contribution in [1.82, 2.24) is 4.31 Å². The fraction of sp³-hybridized carbons (Fsp3) is 0.348. The highest BCUT2D eigenvalue weighted by atomic mass is 32.2. The molecule has 0 aromatic heterocycles. The third kappa shape index (κ3) is 6.40. The van der Waals surface area contributed by atoms with Gasteiger partial charge >= 0.3 is 0 Å². The predicted molar refractivity (Wildman–Crippen MR) is 120 cm³/mol. The first-order chi connectivity index (χ1) is 15.0. The van der Waals surface area contributed by atoms with Crippen LogP contribution >= 0.6 is 0 Å². The first kappa shape index (κ1) is 23.0. The largest absolute Gasteiger partial charge is 0.494 e. The maximum absolute atomic E-state index is 12.6. The molecule has 0 unspecified atom stereocenters. The van der Waals surface area contributed by atoms with Crippen molar-refractivity contribution in [3.8, 4) is 5.75 Å². The number of benzene rings is 2. The van der Waals surface area contributed by atoms with E-state index in [1.807, 2.05) is 0 Å². The van der Waals surface area contributed by atoms with Crippen LogP contribution in [0.25, 0.3) is 0 Å². The van der Waals surface area contributed by atoms with Gasteiger partial charge in [0.1, 0.15) is 5.75 Å². The van der Waals surface area contributed by atoms with Crippen LogP contribution in [-0.4, -0.2) is 51.4 Å². The number of morpholine rings is 1. The number of unbranched alkanes of at least 4 members (excludes halogenated alkanes) is 1. The summed E-state index contributed by atoms with van der Waals surface area (Å²) in [5.41, 5.74) is 1.25. The van der Waals surface area contributed by atoms with Gasteiger partial charge in [-0.15, -0.1) is 0 Å². The predicted octanol–water partition coefficient (Wildman–Crippen LogP) is 3.69. The fourth-order valence-corrected chi connectivity index (χ4v) is 4.43. The Labute approximate surface area is 183 Å². The topological polar surface area (TPSA) is 84.9 Å². The van der Waals surface area contributed by atoms with E-state index < -0.39 is 10.0 Å². The van der Waals surface area contributed by atoms with Gasteiger partial charge in [-0.3, -0.25) is 4.79 Å². The van der Waals surface area contributed by atoms with Gasteiger partial charge in [0.25, 0.3) is 0 Å². The monoisotopic (exact) mass is 444 g/mol. The summed E-state index contributed by atoms with van der Waals surface area (Å²) >= 11 is 0. The number of carbonyl (C=O) groups is 1. The third-order valence-electron chi connectivity index (χ3n) is 4.85. The molecule has 0 spiro atoms. The lowest BCUT2D eigenvalue weighted by Crippen LogP contribution is -2.40.